The van der Waals surface area contributed by atoms with Crippen LogP contribution in [-0.4, -0.2) is 35.3 Å². The van der Waals surface area contributed by atoms with Crippen molar-refractivity contribution in [2.45, 2.75) is 20.4 Å². The summed E-state index contributed by atoms with van der Waals surface area (Å²) in [6, 6.07) is 2.06. The zero-order valence-electron chi connectivity index (χ0n) is 11.9. The van der Waals surface area contributed by atoms with Crippen molar-refractivity contribution >= 4 is 29.9 Å². The van der Waals surface area contributed by atoms with E-state index in [1.165, 1.54) is 5.56 Å². The molecule has 0 spiro atoms. The van der Waals surface area contributed by atoms with Gasteiger partial charge < -0.3 is 20.3 Å². The lowest BCUT2D eigenvalue weighted by atomic mass is 10.2. The highest BCUT2D eigenvalue weighted by Crippen LogP contribution is 2.01. The third kappa shape index (κ3) is 7.41. The lowest BCUT2D eigenvalue weighted by Gasteiger charge is -2.13. The third-order valence-corrected chi connectivity index (χ3v) is 2.59. The monoisotopic (exact) mass is 380 g/mol. The molecule has 1 aromatic rings. The summed E-state index contributed by atoms with van der Waals surface area (Å²) >= 11 is 0. The Balaban J connectivity index is 0.00000324. The van der Waals surface area contributed by atoms with Crippen molar-refractivity contribution in [2.75, 3.05) is 19.7 Å². The standard InChI is InChI=1S/C13H24N4O.HI/c1-4-14-13(15-7-11(2)10-18)16-8-12-5-6-17(3)9-12;/h5-6,9,11,18H,4,7-8,10H2,1-3H3,(H2,14,15,16);1H. The van der Waals surface area contributed by atoms with Crippen LogP contribution in [0.15, 0.2) is 23.5 Å². The SMILES string of the molecule is CCNC(=NCc1ccn(C)c1)NCC(C)CO.I. The maximum atomic E-state index is 8.99. The molecule has 0 amide bonds. The van der Waals surface area contributed by atoms with E-state index in [4.69, 9.17) is 5.11 Å². The fraction of sp³-hybridized carbons (Fsp3) is 0.615. The van der Waals surface area contributed by atoms with Gasteiger partial charge in [-0.15, -0.1) is 24.0 Å². The van der Waals surface area contributed by atoms with Gasteiger partial charge in [-0.05, 0) is 24.5 Å². The van der Waals surface area contributed by atoms with Crippen LogP contribution in [0.1, 0.15) is 19.4 Å². The molecule has 19 heavy (non-hydrogen) atoms. The normalized spacial score (nSPS) is 12.7. The summed E-state index contributed by atoms with van der Waals surface area (Å²) in [7, 11) is 2.00. The number of aromatic nitrogens is 1. The summed E-state index contributed by atoms with van der Waals surface area (Å²) in [5, 5.41) is 15.4. The number of nitrogens with zero attached hydrogens (tertiary/aromatic N) is 2. The molecule has 1 rings (SSSR count). The zero-order chi connectivity index (χ0) is 13.4. The maximum Gasteiger partial charge on any atom is 0.191 e. The Hall–Kier alpha value is -0.760. The number of aryl methyl sites for hydroxylation is 1. The smallest absolute Gasteiger partial charge is 0.191 e. The summed E-state index contributed by atoms with van der Waals surface area (Å²) < 4.78 is 2.01. The van der Waals surface area contributed by atoms with Gasteiger partial charge in [-0.25, -0.2) is 4.99 Å². The molecule has 0 aromatic carbocycles. The van der Waals surface area contributed by atoms with E-state index in [-0.39, 0.29) is 36.5 Å². The van der Waals surface area contributed by atoms with Gasteiger partial charge in [0.1, 0.15) is 0 Å². The highest BCUT2D eigenvalue weighted by Gasteiger charge is 2.02. The molecule has 5 nitrogen and oxygen atoms in total. The molecule has 0 aliphatic heterocycles. The first-order valence-corrected chi connectivity index (χ1v) is 6.39. The number of guanidine groups is 1. The molecule has 1 aromatic heterocycles. The molecular weight excluding hydrogens is 355 g/mol. The topological polar surface area (TPSA) is 61.6 Å². The molecule has 6 heteroatoms. The minimum atomic E-state index is 0. The van der Waals surface area contributed by atoms with Gasteiger partial charge >= 0.3 is 0 Å². The highest BCUT2D eigenvalue weighted by atomic mass is 127. The van der Waals surface area contributed by atoms with Gasteiger partial charge in [-0.1, -0.05) is 6.92 Å². The van der Waals surface area contributed by atoms with Crippen LogP contribution in [-0.2, 0) is 13.6 Å². The van der Waals surface area contributed by atoms with Crippen molar-refractivity contribution in [3.8, 4) is 0 Å². The fourth-order valence-corrected chi connectivity index (χ4v) is 1.50. The molecule has 0 aliphatic carbocycles. The minimum Gasteiger partial charge on any atom is -0.396 e. The number of aliphatic hydroxyl groups excluding tert-OH is 1. The first-order chi connectivity index (χ1) is 8.65. The Bertz CT molecular complexity index is 378. The van der Waals surface area contributed by atoms with Gasteiger partial charge in [0, 0.05) is 39.1 Å². The van der Waals surface area contributed by atoms with Crippen LogP contribution in [0, 0.1) is 5.92 Å². The number of hydrogen-bond acceptors (Lipinski definition) is 2. The van der Waals surface area contributed by atoms with Crippen molar-refractivity contribution in [3.05, 3.63) is 24.0 Å². The van der Waals surface area contributed by atoms with Gasteiger partial charge in [0.05, 0.1) is 6.54 Å². The largest absolute Gasteiger partial charge is 0.396 e. The van der Waals surface area contributed by atoms with Crippen molar-refractivity contribution in [1.82, 2.24) is 15.2 Å². The quantitative estimate of drug-likeness (QED) is 0.397. The van der Waals surface area contributed by atoms with Crippen molar-refractivity contribution in [2.24, 2.45) is 18.0 Å². The van der Waals surface area contributed by atoms with Gasteiger partial charge in [-0.2, -0.15) is 0 Å². The van der Waals surface area contributed by atoms with E-state index < -0.39 is 0 Å². The van der Waals surface area contributed by atoms with Crippen molar-refractivity contribution in [1.29, 1.82) is 0 Å². The highest BCUT2D eigenvalue weighted by molar-refractivity contribution is 14.0. The second kappa shape index (κ2) is 10.1. The van der Waals surface area contributed by atoms with E-state index in [0.29, 0.717) is 6.54 Å². The van der Waals surface area contributed by atoms with Crippen molar-refractivity contribution in [3.63, 3.8) is 0 Å². The average Bonchev–Trinajstić information content (AvgIpc) is 2.78. The maximum absolute atomic E-state index is 8.99. The van der Waals surface area contributed by atoms with E-state index in [9.17, 15) is 0 Å². The Morgan fingerprint density at radius 3 is 2.74 bits per heavy atom. The van der Waals surface area contributed by atoms with E-state index in [1.807, 2.05) is 31.7 Å². The zero-order valence-corrected chi connectivity index (χ0v) is 14.2. The first-order valence-electron chi connectivity index (χ1n) is 6.39. The van der Waals surface area contributed by atoms with Crippen molar-refractivity contribution < 1.29 is 5.11 Å². The number of aliphatic imine (C=N–C) groups is 1. The molecule has 1 unspecified atom stereocenters. The number of halogens is 1. The second-order valence-corrected chi connectivity index (χ2v) is 4.55. The number of aliphatic hydroxyl groups is 1. The van der Waals surface area contributed by atoms with Crippen LogP contribution in [0.2, 0.25) is 0 Å². The minimum absolute atomic E-state index is 0. The molecule has 3 N–H and O–H groups in total. The Labute approximate surface area is 132 Å². The number of hydrogen-bond donors (Lipinski definition) is 3. The molecule has 0 radical (unpaired) electrons. The van der Waals surface area contributed by atoms with Crippen LogP contribution >= 0.6 is 24.0 Å². The Kier molecular flexibility index (Phi) is 9.68. The van der Waals surface area contributed by atoms with E-state index in [0.717, 1.165) is 19.0 Å². The van der Waals surface area contributed by atoms with E-state index in [2.05, 4.69) is 27.9 Å². The summed E-state index contributed by atoms with van der Waals surface area (Å²) in [6.45, 7) is 6.42. The van der Waals surface area contributed by atoms with Gasteiger partial charge in [-0.3, -0.25) is 0 Å². The van der Waals surface area contributed by atoms with Crippen LogP contribution in [0.5, 0.6) is 0 Å². The van der Waals surface area contributed by atoms with Crippen LogP contribution in [0.3, 0.4) is 0 Å². The number of nitrogens with one attached hydrogen (secondary N) is 2. The van der Waals surface area contributed by atoms with Gasteiger partial charge in [0.25, 0.3) is 0 Å². The molecule has 0 fully saturated rings. The van der Waals surface area contributed by atoms with E-state index in [1.54, 1.807) is 0 Å². The van der Waals surface area contributed by atoms with Gasteiger partial charge in [0.15, 0.2) is 5.96 Å². The lowest BCUT2D eigenvalue weighted by molar-refractivity contribution is 0.238. The first kappa shape index (κ1) is 18.2. The molecular formula is C13H25IN4O. The van der Waals surface area contributed by atoms with Gasteiger partial charge in [0.2, 0.25) is 0 Å². The molecule has 0 saturated heterocycles. The fourth-order valence-electron chi connectivity index (χ4n) is 1.50. The number of rotatable bonds is 6. The molecule has 1 atom stereocenters. The third-order valence-electron chi connectivity index (χ3n) is 2.59. The van der Waals surface area contributed by atoms with E-state index >= 15 is 0 Å². The average molecular weight is 380 g/mol. The predicted molar refractivity (Wildman–Crippen MR) is 89.9 cm³/mol. The molecule has 0 saturated carbocycles. The molecule has 0 aliphatic rings. The summed E-state index contributed by atoms with van der Waals surface area (Å²) in [6.07, 6.45) is 4.07. The summed E-state index contributed by atoms with van der Waals surface area (Å²) in [4.78, 5) is 4.50. The van der Waals surface area contributed by atoms with Crippen LogP contribution in [0.25, 0.3) is 0 Å². The Morgan fingerprint density at radius 1 is 1.47 bits per heavy atom. The Morgan fingerprint density at radius 2 is 2.21 bits per heavy atom. The summed E-state index contributed by atoms with van der Waals surface area (Å²) in [5.41, 5.74) is 1.19. The second-order valence-electron chi connectivity index (χ2n) is 4.55. The lowest BCUT2D eigenvalue weighted by Crippen LogP contribution is -2.39. The summed E-state index contributed by atoms with van der Waals surface area (Å²) in [5.74, 6) is 1.02. The molecule has 110 valence electrons. The predicted octanol–water partition coefficient (Wildman–Crippen LogP) is 1.33. The molecule has 1 heterocycles. The van der Waals surface area contributed by atoms with Crippen LogP contribution < -0.4 is 10.6 Å². The molecule has 0 bridgehead atoms. The van der Waals surface area contributed by atoms with Crippen LogP contribution in [0.4, 0.5) is 0 Å².